The summed E-state index contributed by atoms with van der Waals surface area (Å²) in [6.45, 7) is 0. The van der Waals surface area contributed by atoms with E-state index in [4.69, 9.17) is 0 Å². The van der Waals surface area contributed by atoms with Crippen molar-refractivity contribution in [2.24, 2.45) is 0 Å². The fourth-order valence-electron chi connectivity index (χ4n) is 1.74. The smallest absolute Gasteiger partial charge is 0.322 e. The Labute approximate surface area is 110 Å². The van der Waals surface area contributed by atoms with E-state index in [0.29, 0.717) is 16.8 Å². The van der Waals surface area contributed by atoms with Crippen molar-refractivity contribution in [2.45, 2.75) is 6.42 Å². The molecule has 2 aromatic rings. The van der Waals surface area contributed by atoms with Crippen LogP contribution in [0, 0.1) is 0 Å². The molecule has 2 rings (SSSR count). The van der Waals surface area contributed by atoms with Crippen LogP contribution in [0.2, 0.25) is 0 Å². The van der Waals surface area contributed by atoms with Crippen molar-refractivity contribution in [1.82, 2.24) is 0 Å². The van der Waals surface area contributed by atoms with Crippen molar-refractivity contribution < 1.29 is 14.7 Å². The van der Waals surface area contributed by atoms with Crippen LogP contribution < -0.4 is 5.32 Å². The average molecular weight is 254 g/mol. The van der Waals surface area contributed by atoms with Gasteiger partial charge in [-0.1, -0.05) is 36.4 Å². The van der Waals surface area contributed by atoms with E-state index in [1.807, 2.05) is 6.07 Å². The quantitative estimate of drug-likeness (QED) is 0.910. The maximum Gasteiger partial charge on any atom is 0.360 e. The number of hydrogen-bond donors (Lipinski definition) is 1. The van der Waals surface area contributed by atoms with Gasteiger partial charge in [-0.15, -0.1) is 0 Å². The van der Waals surface area contributed by atoms with Gasteiger partial charge in [0.05, 0.1) is 6.42 Å². The van der Waals surface area contributed by atoms with Crippen LogP contribution in [0.15, 0.2) is 54.6 Å². The summed E-state index contributed by atoms with van der Waals surface area (Å²) in [6.07, 6.45) is -0.231. The molecule has 4 nitrogen and oxygen atoms in total. The number of hydrogen-bond acceptors (Lipinski definition) is 2. The number of nitrogens with one attached hydrogen (secondary N) is 1. The minimum Gasteiger partial charge on any atom is -0.322 e. The van der Waals surface area contributed by atoms with Crippen molar-refractivity contribution in [1.29, 1.82) is 0 Å². The molecule has 0 aliphatic heterocycles. The molecule has 1 N–H and O–H groups in total. The van der Waals surface area contributed by atoms with Crippen molar-refractivity contribution in [3.8, 4) is 0 Å². The number of carbonyl (C=O) groups is 2. The number of rotatable bonds is 4. The summed E-state index contributed by atoms with van der Waals surface area (Å²) in [5, 5.41) is 13.4. The highest BCUT2D eigenvalue weighted by Crippen LogP contribution is 2.17. The molecule has 0 spiro atoms. The van der Waals surface area contributed by atoms with Crippen LogP contribution in [0.25, 0.3) is 0 Å². The zero-order valence-electron chi connectivity index (χ0n) is 10.1. The highest BCUT2D eigenvalue weighted by molar-refractivity contribution is 6.04. The molecule has 95 valence electrons. The number of amides is 1. The Morgan fingerprint density at radius 3 is 2.21 bits per heavy atom. The number of para-hydroxylation sites is 1. The van der Waals surface area contributed by atoms with Crippen LogP contribution in [-0.2, 0) is 16.3 Å². The van der Waals surface area contributed by atoms with Gasteiger partial charge in [-0.05, 0) is 23.8 Å². The third-order valence-corrected chi connectivity index (χ3v) is 2.64. The predicted octanol–water partition coefficient (Wildman–Crippen LogP) is 2.44. The number of carbonyl (C=O) groups excluding carboxylic acids is 2. The van der Waals surface area contributed by atoms with Gasteiger partial charge in [0.15, 0.2) is 0 Å². The lowest BCUT2D eigenvalue weighted by atomic mass is 10.1. The maximum absolute atomic E-state index is 12.0. The molecular weight excluding hydrogens is 242 g/mol. The first-order valence-electron chi connectivity index (χ1n) is 5.81. The Morgan fingerprint density at radius 2 is 1.53 bits per heavy atom. The third kappa shape index (κ3) is 3.42. The summed E-state index contributed by atoms with van der Waals surface area (Å²) in [6, 6.07) is 15.5. The molecular formula is C15H12NO3. The molecule has 0 heterocycles. The van der Waals surface area contributed by atoms with Gasteiger partial charge in [-0.25, -0.2) is 9.90 Å². The second-order valence-corrected chi connectivity index (χ2v) is 4.03. The van der Waals surface area contributed by atoms with Gasteiger partial charge in [0.2, 0.25) is 0 Å². The molecule has 0 fully saturated rings. The summed E-state index contributed by atoms with van der Waals surface area (Å²) < 4.78 is 0. The largest absolute Gasteiger partial charge is 0.360 e. The molecule has 0 bridgehead atoms. The Bertz CT molecular complexity index is 593. The van der Waals surface area contributed by atoms with Crippen LogP contribution in [0.4, 0.5) is 5.69 Å². The Balaban J connectivity index is 2.19. The highest BCUT2D eigenvalue weighted by Gasteiger charge is 2.11. The molecule has 0 aromatic heterocycles. The van der Waals surface area contributed by atoms with Gasteiger partial charge in [0, 0.05) is 11.3 Å². The van der Waals surface area contributed by atoms with Gasteiger partial charge in [0.1, 0.15) is 0 Å². The third-order valence-electron chi connectivity index (χ3n) is 2.64. The molecule has 4 heteroatoms. The van der Waals surface area contributed by atoms with E-state index in [2.05, 4.69) is 5.32 Å². The number of anilines is 1. The predicted molar refractivity (Wildman–Crippen MR) is 70.2 cm³/mol. The average Bonchev–Trinajstić information content (AvgIpc) is 2.41. The fraction of sp³-hybridized carbons (Fsp3) is 0.0667. The van der Waals surface area contributed by atoms with Crippen LogP contribution in [0.1, 0.15) is 15.9 Å². The lowest BCUT2D eigenvalue weighted by Crippen LogP contribution is -2.14. The van der Waals surface area contributed by atoms with E-state index in [-0.39, 0.29) is 12.3 Å². The van der Waals surface area contributed by atoms with Gasteiger partial charge >= 0.3 is 5.97 Å². The monoisotopic (exact) mass is 254 g/mol. The van der Waals surface area contributed by atoms with E-state index in [1.165, 1.54) is 0 Å². The second kappa shape index (κ2) is 5.82. The number of benzene rings is 2. The Hall–Kier alpha value is -2.62. The van der Waals surface area contributed by atoms with Gasteiger partial charge in [0.25, 0.3) is 5.91 Å². The minimum absolute atomic E-state index is 0.231. The summed E-state index contributed by atoms with van der Waals surface area (Å²) in [4.78, 5) is 22.6. The van der Waals surface area contributed by atoms with E-state index in [1.54, 1.807) is 48.5 Å². The summed E-state index contributed by atoms with van der Waals surface area (Å²) in [5.41, 5.74) is 1.53. The van der Waals surface area contributed by atoms with Crippen LogP contribution in [0.3, 0.4) is 0 Å². The van der Waals surface area contributed by atoms with Crippen LogP contribution in [-0.4, -0.2) is 11.9 Å². The van der Waals surface area contributed by atoms with Crippen molar-refractivity contribution in [3.05, 3.63) is 65.7 Å². The van der Waals surface area contributed by atoms with Crippen molar-refractivity contribution in [3.63, 3.8) is 0 Å². The van der Waals surface area contributed by atoms with E-state index < -0.39 is 5.97 Å². The van der Waals surface area contributed by atoms with Crippen molar-refractivity contribution >= 4 is 17.6 Å². The molecule has 0 unspecified atom stereocenters. The van der Waals surface area contributed by atoms with Crippen molar-refractivity contribution in [2.75, 3.05) is 5.32 Å². The Morgan fingerprint density at radius 1 is 0.895 bits per heavy atom. The van der Waals surface area contributed by atoms with Gasteiger partial charge in [-0.2, -0.15) is 0 Å². The van der Waals surface area contributed by atoms with Gasteiger partial charge < -0.3 is 5.32 Å². The topological polar surface area (TPSA) is 66.1 Å². The first-order valence-corrected chi connectivity index (χ1v) is 5.81. The lowest BCUT2D eigenvalue weighted by Gasteiger charge is -2.09. The van der Waals surface area contributed by atoms with E-state index in [9.17, 15) is 14.7 Å². The second-order valence-electron chi connectivity index (χ2n) is 4.03. The van der Waals surface area contributed by atoms with Crippen LogP contribution >= 0.6 is 0 Å². The van der Waals surface area contributed by atoms with E-state index in [0.717, 1.165) is 0 Å². The first-order chi connectivity index (χ1) is 9.16. The standard InChI is InChI=1S/C15H12NO3/c17-14(18)10-12-8-4-5-9-13(12)16-15(19)11-6-2-1-3-7-11/h1-9H,10H2,(H,16,19). The molecule has 1 amide bonds. The molecule has 0 saturated carbocycles. The first kappa shape index (κ1) is 12.8. The molecule has 0 atom stereocenters. The zero-order valence-corrected chi connectivity index (χ0v) is 10.1. The molecule has 0 saturated heterocycles. The zero-order chi connectivity index (χ0) is 13.7. The van der Waals surface area contributed by atoms with Gasteiger partial charge in [-0.3, -0.25) is 4.79 Å². The SMILES string of the molecule is [O]C(=O)Cc1ccccc1NC(=O)c1ccccc1. The molecule has 19 heavy (non-hydrogen) atoms. The fourth-order valence-corrected chi connectivity index (χ4v) is 1.74. The summed E-state index contributed by atoms with van der Waals surface area (Å²) in [7, 11) is 0. The van der Waals surface area contributed by atoms with Crippen LogP contribution in [0.5, 0.6) is 0 Å². The molecule has 2 aromatic carbocycles. The summed E-state index contributed by atoms with van der Waals surface area (Å²) >= 11 is 0. The molecule has 0 aliphatic carbocycles. The normalized spacial score (nSPS) is 9.89. The minimum atomic E-state index is -1.18. The lowest BCUT2D eigenvalue weighted by molar-refractivity contribution is -0.142. The molecule has 0 aliphatic rings. The summed E-state index contributed by atoms with van der Waals surface area (Å²) in [5.74, 6) is -1.45. The maximum atomic E-state index is 12.0. The highest BCUT2D eigenvalue weighted by atomic mass is 16.4. The Kier molecular flexibility index (Phi) is 3.93. The van der Waals surface area contributed by atoms with E-state index >= 15 is 0 Å². The molecule has 1 radical (unpaired) electrons.